The highest BCUT2D eigenvalue weighted by Gasteiger charge is 2.50. The number of nitrogens with one attached hydrogen (secondary N) is 1. The smallest absolute Gasteiger partial charge is 0.168 e. The first-order valence-electron chi connectivity index (χ1n) is 6.81. The van der Waals surface area contributed by atoms with Gasteiger partial charge in [-0.1, -0.05) is 13.8 Å². The van der Waals surface area contributed by atoms with Crippen LogP contribution in [0.25, 0.3) is 10.9 Å². The van der Waals surface area contributed by atoms with Gasteiger partial charge in [-0.25, -0.2) is 0 Å². The molecule has 0 bridgehead atoms. The number of rotatable bonds is 4. The molecule has 3 rings (SSSR count). The molecule has 1 heterocycles. The van der Waals surface area contributed by atoms with Crippen molar-refractivity contribution in [3.8, 4) is 5.75 Å². The highest BCUT2D eigenvalue weighted by molar-refractivity contribution is 6.10. The molecule has 0 aliphatic heterocycles. The molecule has 1 aromatic carbocycles. The Bertz CT molecular complexity index is 639. The van der Waals surface area contributed by atoms with E-state index in [9.17, 15) is 4.79 Å². The largest absolute Gasteiger partial charge is 0.494 e. The maximum Gasteiger partial charge on any atom is 0.168 e. The molecule has 2 aromatic rings. The van der Waals surface area contributed by atoms with Gasteiger partial charge < -0.3 is 9.72 Å². The van der Waals surface area contributed by atoms with Crippen molar-refractivity contribution in [1.29, 1.82) is 0 Å². The zero-order chi connectivity index (χ0) is 13.6. The molecule has 1 atom stereocenters. The van der Waals surface area contributed by atoms with Crippen LogP contribution in [0.1, 0.15) is 37.6 Å². The lowest BCUT2D eigenvalue weighted by Gasteiger charge is -2.04. The van der Waals surface area contributed by atoms with Crippen LogP contribution in [-0.4, -0.2) is 17.4 Å². The van der Waals surface area contributed by atoms with E-state index >= 15 is 0 Å². The topological polar surface area (TPSA) is 42.1 Å². The van der Waals surface area contributed by atoms with Gasteiger partial charge in [0, 0.05) is 28.6 Å². The van der Waals surface area contributed by atoms with Crippen molar-refractivity contribution in [3.05, 3.63) is 30.0 Å². The van der Waals surface area contributed by atoms with Crippen molar-refractivity contribution < 1.29 is 9.53 Å². The van der Waals surface area contributed by atoms with Crippen LogP contribution in [0.2, 0.25) is 0 Å². The van der Waals surface area contributed by atoms with Gasteiger partial charge in [-0.3, -0.25) is 4.79 Å². The van der Waals surface area contributed by atoms with E-state index in [4.69, 9.17) is 4.74 Å². The van der Waals surface area contributed by atoms with Gasteiger partial charge in [0.25, 0.3) is 0 Å². The summed E-state index contributed by atoms with van der Waals surface area (Å²) in [6, 6.07) is 5.85. The highest BCUT2D eigenvalue weighted by atomic mass is 16.5. The summed E-state index contributed by atoms with van der Waals surface area (Å²) in [5, 5.41) is 0.971. The van der Waals surface area contributed by atoms with Crippen molar-refractivity contribution in [2.24, 2.45) is 11.3 Å². The number of fused-ring (bicyclic) bond motifs is 1. The van der Waals surface area contributed by atoms with E-state index in [1.54, 1.807) is 0 Å². The quantitative estimate of drug-likeness (QED) is 0.846. The lowest BCUT2D eigenvalue weighted by molar-refractivity contribution is 0.0955. The van der Waals surface area contributed by atoms with Gasteiger partial charge in [-0.05, 0) is 37.0 Å². The molecule has 3 nitrogen and oxygen atoms in total. The molecular weight excluding hydrogens is 238 g/mol. The van der Waals surface area contributed by atoms with Gasteiger partial charge in [-0.2, -0.15) is 0 Å². The Morgan fingerprint density at radius 1 is 1.47 bits per heavy atom. The van der Waals surface area contributed by atoms with E-state index < -0.39 is 0 Å². The lowest BCUT2D eigenvalue weighted by atomic mass is 10.0. The molecule has 3 heteroatoms. The van der Waals surface area contributed by atoms with Crippen LogP contribution in [0.15, 0.2) is 24.4 Å². The van der Waals surface area contributed by atoms with Gasteiger partial charge in [0.15, 0.2) is 5.78 Å². The fourth-order valence-corrected chi connectivity index (χ4v) is 2.66. The highest BCUT2D eigenvalue weighted by Crippen LogP contribution is 2.53. The zero-order valence-corrected chi connectivity index (χ0v) is 11.6. The average molecular weight is 257 g/mol. The van der Waals surface area contributed by atoms with Crippen LogP contribution >= 0.6 is 0 Å². The molecule has 1 fully saturated rings. The van der Waals surface area contributed by atoms with E-state index in [1.165, 1.54) is 0 Å². The van der Waals surface area contributed by atoms with Crippen LogP contribution in [0, 0.1) is 11.3 Å². The Morgan fingerprint density at radius 3 is 2.84 bits per heavy atom. The third kappa shape index (κ3) is 2.03. The fourth-order valence-electron chi connectivity index (χ4n) is 2.66. The third-order valence-electron chi connectivity index (χ3n) is 4.06. The molecule has 1 aromatic heterocycles. The Morgan fingerprint density at radius 2 is 2.21 bits per heavy atom. The summed E-state index contributed by atoms with van der Waals surface area (Å²) in [7, 11) is 0. The third-order valence-corrected chi connectivity index (χ3v) is 4.06. The van der Waals surface area contributed by atoms with Crippen molar-refractivity contribution in [1.82, 2.24) is 4.98 Å². The van der Waals surface area contributed by atoms with Crippen molar-refractivity contribution in [2.75, 3.05) is 6.61 Å². The second kappa shape index (κ2) is 4.12. The Labute approximate surface area is 113 Å². The number of ketones is 1. The van der Waals surface area contributed by atoms with Crippen LogP contribution in [-0.2, 0) is 0 Å². The minimum Gasteiger partial charge on any atom is -0.494 e. The van der Waals surface area contributed by atoms with E-state index in [2.05, 4.69) is 18.8 Å². The molecule has 1 aliphatic rings. The number of carbonyl (C=O) groups is 1. The first-order chi connectivity index (χ1) is 9.03. The second-order valence-electron chi connectivity index (χ2n) is 5.95. The number of aromatic nitrogens is 1. The van der Waals surface area contributed by atoms with Crippen molar-refractivity contribution in [2.45, 2.75) is 27.2 Å². The average Bonchev–Trinajstić information content (AvgIpc) is 2.84. The molecule has 1 saturated carbocycles. The summed E-state index contributed by atoms with van der Waals surface area (Å²) < 4.78 is 5.51. The molecule has 100 valence electrons. The normalized spacial score (nSPS) is 20.5. The maximum atomic E-state index is 12.5. The zero-order valence-electron chi connectivity index (χ0n) is 11.6. The number of hydrogen-bond donors (Lipinski definition) is 1. The van der Waals surface area contributed by atoms with Gasteiger partial charge in [0.1, 0.15) is 5.75 Å². The first-order valence-corrected chi connectivity index (χ1v) is 6.81. The molecule has 0 amide bonds. The van der Waals surface area contributed by atoms with E-state index in [0.29, 0.717) is 6.61 Å². The standard InChI is InChI=1S/C16H19NO2/c1-4-19-10-5-6-14-11(7-10)12(9-17-14)15(18)13-8-16(13,2)3/h5-7,9,13,17H,4,8H2,1-3H3. The summed E-state index contributed by atoms with van der Waals surface area (Å²) in [6.45, 7) is 6.89. The molecule has 19 heavy (non-hydrogen) atoms. The number of ether oxygens (including phenoxy) is 1. The SMILES string of the molecule is CCOc1ccc2[nH]cc(C(=O)C3CC3(C)C)c2c1. The van der Waals surface area contributed by atoms with Crippen LogP contribution in [0.5, 0.6) is 5.75 Å². The number of H-pyrrole nitrogens is 1. The summed E-state index contributed by atoms with van der Waals surface area (Å²) in [5.41, 5.74) is 1.95. The Hall–Kier alpha value is -1.77. The van der Waals surface area contributed by atoms with Crippen LogP contribution < -0.4 is 4.74 Å². The number of carbonyl (C=O) groups excluding carboxylic acids is 1. The van der Waals surface area contributed by atoms with E-state index in [1.807, 2.05) is 31.3 Å². The minimum atomic E-state index is 0.165. The second-order valence-corrected chi connectivity index (χ2v) is 5.95. The van der Waals surface area contributed by atoms with Gasteiger partial charge >= 0.3 is 0 Å². The number of benzene rings is 1. The van der Waals surface area contributed by atoms with Gasteiger partial charge in [-0.15, -0.1) is 0 Å². The minimum absolute atomic E-state index is 0.165. The molecule has 0 spiro atoms. The summed E-state index contributed by atoms with van der Waals surface area (Å²) >= 11 is 0. The van der Waals surface area contributed by atoms with Gasteiger partial charge in [0.2, 0.25) is 0 Å². The number of aromatic amines is 1. The van der Waals surface area contributed by atoms with E-state index in [-0.39, 0.29) is 17.1 Å². The molecule has 0 radical (unpaired) electrons. The predicted octanol–water partition coefficient (Wildman–Crippen LogP) is 3.80. The molecule has 1 N–H and O–H groups in total. The molecule has 0 saturated heterocycles. The Balaban J connectivity index is 1.99. The van der Waals surface area contributed by atoms with Crippen LogP contribution in [0.3, 0.4) is 0 Å². The maximum absolute atomic E-state index is 12.5. The molecule has 1 aliphatic carbocycles. The molecular formula is C16H19NO2. The monoisotopic (exact) mass is 257 g/mol. The van der Waals surface area contributed by atoms with E-state index in [0.717, 1.165) is 28.6 Å². The van der Waals surface area contributed by atoms with Crippen molar-refractivity contribution in [3.63, 3.8) is 0 Å². The summed E-state index contributed by atoms with van der Waals surface area (Å²) in [5.74, 6) is 1.24. The predicted molar refractivity (Wildman–Crippen MR) is 75.7 cm³/mol. The summed E-state index contributed by atoms with van der Waals surface area (Å²) in [6.07, 6.45) is 2.82. The van der Waals surface area contributed by atoms with Crippen LogP contribution in [0.4, 0.5) is 0 Å². The van der Waals surface area contributed by atoms with Crippen molar-refractivity contribution >= 4 is 16.7 Å². The molecule has 1 unspecified atom stereocenters. The number of hydrogen-bond acceptors (Lipinski definition) is 2. The fraction of sp³-hybridized carbons (Fsp3) is 0.438. The lowest BCUT2D eigenvalue weighted by Crippen LogP contribution is -2.05. The van der Waals surface area contributed by atoms with Gasteiger partial charge in [0.05, 0.1) is 6.61 Å². The summed E-state index contributed by atoms with van der Waals surface area (Å²) in [4.78, 5) is 15.7. The number of Topliss-reactive ketones (excluding diaryl/α,β-unsaturated/α-hetero) is 1. The first kappa shape index (κ1) is 12.3. The Kier molecular flexibility index (Phi) is 2.66.